The van der Waals surface area contributed by atoms with Gasteiger partial charge in [-0.15, -0.1) is 0 Å². The van der Waals surface area contributed by atoms with Crippen LogP contribution in [0.25, 0.3) is 27.6 Å². The molecular weight excluding hydrogens is 464 g/mol. The van der Waals surface area contributed by atoms with E-state index in [0.717, 1.165) is 50.9 Å². The predicted octanol–water partition coefficient (Wildman–Crippen LogP) is 8.64. The van der Waals surface area contributed by atoms with Gasteiger partial charge in [0, 0.05) is 23.4 Å². The molecule has 0 fully saturated rings. The number of hydrogen-bond donors (Lipinski definition) is 1. The molecule has 3 aromatic carbocycles. The summed E-state index contributed by atoms with van der Waals surface area (Å²) < 4.78 is 0. The number of hydrogen-bond acceptors (Lipinski definition) is 4. The van der Waals surface area contributed by atoms with Gasteiger partial charge < -0.3 is 0 Å². The largest absolute Gasteiger partial charge is 0.300 e. The summed E-state index contributed by atoms with van der Waals surface area (Å²) in [6, 6.07) is 26.6. The maximum atomic E-state index is 9.01. The lowest BCUT2D eigenvalue weighted by Crippen LogP contribution is -2.09. The van der Waals surface area contributed by atoms with Crippen molar-refractivity contribution in [3.8, 4) is 11.1 Å². The fourth-order valence-corrected chi connectivity index (χ4v) is 4.57. The van der Waals surface area contributed by atoms with Crippen molar-refractivity contribution in [3.05, 3.63) is 126 Å². The summed E-state index contributed by atoms with van der Waals surface area (Å²) in [6.45, 7) is 10.1. The number of fused-ring (bicyclic) bond motifs is 1. The van der Waals surface area contributed by atoms with Crippen LogP contribution in [0.5, 0.6) is 0 Å². The third-order valence-corrected chi connectivity index (χ3v) is 6.75. The minimum atomic E-state index is 0.579. The molecule has 0 amide bonds. The second-order valence-electron chi connectivity index (χ2n) is 9.11. The second-order valence-corrected chi connectivity index (χ2v) is 9.11. The quantitative estimate of drug-likeness (QED) is 0.176. The fraction of sp³-hybridized carbons (Fsp3) is 0.176. The van der Waals surface area contributed by atoms with Crippen LogP contribution < -0.4 is 0 Å². The summed E-state index contributed by atoms with van der Waals surface area (Å²) in [5.74, 6) is 0.606. The normalized spacial score (nSPS) is 12.6. The standard InChI is InChI=1S/C34H34N4/c1-5-24(4)28(33(35)27-17-12-9-13-18-27)21-22-31-32-29(26-15-10-8-11-16-26)19-14-20-30(32)37-34(38-31)25(6-2)23-36-7-3/h6-20,23,35H,2,5,21-22H2,1,3-4H3/b25-23+,28-24-,35-33?,36-7-. The highest BCUT2D eigenvalue weighted by Gasteiger charge is 2.17. The number of aromatic nitrogens is 2. The number of allylic oxidation sites excluding steroid dienone is 4. The van der Waals surface area contributed by atoms with Gasteiger partial charge >= 0.3 is 0 Å². The van der Waals surface area contributed by atoms with Gasteiger partial charge in [0.2, 0.25) is 0 Å². The molecule has 4 heteroatoms. The lowest BCUT2D eigenvalue weighted by atomic mass is 9.91. The zero-order valence-electron chi connectivity index (χ0n) is 22.4. The van der Waals surface area contributed by atoms with Crippen molar-refractivity contribution in [2.24, 2.45) is 4.99 Å². The summed E-state index contributed by atoms with van der Waals surface area (Å²) in [6.07, 6.45) is 7.52. The molecular formula is C34H34N4. The number of aliphatic imine (C=N–C) groups is 1. The van der Waals surface area contributed by atoms with Gasteiger partial charge in [0.1, 0.15) is 0 Å². The average molecular weight is 499 g/mol. The zero-order chi connectivity index (χ0) is 26.9. The van der Waals surface area contributed by atoms with Crippen LogP contribution >= 0.6 is 0 Å². The molecule has 0 bridgehead atoms. The van der Waals surface area contributed by atoms with Crippen molar-refractivity contribution in [1.29, 1.82) is 5.41 Å². The number of aryl methyl sites for hydroxylation is 1. The lowest BCUT2D eigenvalue weighted by molar-refractivity contribution is 0.899. The van der Waals surface area contributed by atoms with Gasteiger partial charge in [0.05, 0.1) is 16.9 Å². The maximum absolute atomic E-state index is 9.01. The number of nitrogens with one attached hydrogen (secondary N) is 1. The Morgan fingerprint density at radius 2 is 1.66 bits per heavy atom. The first-order valence-corrected chi connectivity index (χ1v) is 13.1. The van der Waals surface area contributed by atoms with E-state index in [1.807, 2.05) is 55.5 Å². The number of benzene rings is 3. The first kappa shape index (κ1) is 26.6. The fourth-order valence-electron chi connectivity index (χ4n) is 4.57. The molecule has 4 aromatic rings. The Hall–Kier alpha value is -4.44. The molecule has 4 nitrogen and oxygen atoms in total. The van der Waals surface area contributed by atoms with Gasteiger partial charge in [-0.1, -0.05) is 97.9 Å². The Morgan fingerprint density at radius 1 is 0.947 bits per heavy atom. The Bertz CT molecular complexity index is 1530. The van der Waals surface area contributed by atoms with E-state index in [0.29, 0.717) is 24.4 Å². The molecule has 0 aliphatic carbocycles. The monoisotopic (exact) mass is 498 g/mol. The molecule has 0 spiro atoms. The van der Waals surface area contributed by atoms with Crippen LogP contribution in [0.3, 0.4) is 0 Å². The van der Waals surface area contributed by atoms with Gasteiger partial charge in [-0.2, -0.15) is 0 Å². The van der Waals surface area contributed by atoms with Crippen molar-refractivity contribution < 1.29 is 0 Å². The highest BCUT2D eigenvalue weighted by atomic mass is 14.9. The number of nitrogens with zero attached hydrogens (tertiary/aromatic N) is 3. The van der Waals surface area contributed by atoms with E-state index in [1.54, 1.807) is 18.5 Å². The third kappa shape index (κ3) is 5.92. The molecule has 0 atom stereocenters. The van der Waals surface area contributed by atoms with Gasteiger partial charge in [0.15, 0.2) is 5.82 Å². The Labute approximate surface area is 225 Å². The number of rotatable bonds is 10. The average Bonchev–Trinajstić information content (AvgIpc) is 2.97. The molecule has 190 valence electrons. The van der Waals surface area contributed by atoms with Crippen molar-refractivity contribution in [1.82, 2.24) is 9.97 Å². The van der Waals surface area contributed by atoms with E-state index < -0.39 is 0 Å². The summed E-state index contributed by atoms with van der Waals surface area (Å²) >= 11 is 0. The van der Waals surface area contributed by atoms with Gasteiger partial charge in [-0.3, -0.25) is 10.4 Å². The van der Waals surface area contributed by atoms with Crippen LogP contribution in [-0.4, -0.2) is 21.9 Å². The molecule has 1 aromatic heterocycles. The minimum absolute atomic E-state index is 0.579. The van der Waals surface area contributed by atoms with Crippen molar-refractivity contribution >= 4 is 28.4 Å². The molecule has 4 rings (SSSR count). The van der Waals surface area contributed by atoms with Crippen LogP contribution in [0, 0.1) is 5.41 Å². The van der Waals surface area contributed by atoms with E-state index in [-0.39, 0.29) is 0 Å². The maximum Gasteiger partial charge on any atom is 0.161 e. The van der Waals surface area contributed by atoms with Crippen molar-refractivity contribution in [2.75, 3.05) is 0 Å². The third-order valence-electron chi connectivity index (χ3n) is 6.75. The predicted molar refractivity (Wildman–Crippen MR) is 162 cm³/mol. The summed E-state index contributed by atoms with van der Waals surface area (Å²) in [4.78, 5) is 14.3. The molecule has 1 heterocycles. The van der Waals surface area contributed by atoms with E-state index >= 15 is 0 Å². The van der Waals surface area contributed by atoms with Crippen LogP contribution in [0.2, 0.25) is 0 Å². The van der Waals surface area contributed by atoms with E-state index in [9.17, 15) is 0 Å². The molecule has 0 unspecified atom stereocenters. The Morgan fingerprint density at radius 3 is 2.32 bits per heavy atom. The van der Waals surface area contributed by atoms with Crippen molar-refractivity contribution in [2.45, 2.75) is 40.0 Å². The molecule has 0 radical (unpaired) electrons. The SMILES string of the molecule is C=C/C(=C\N=C/C)c1nc(CC/C(C(=N)c2ccccc2)=C(\C)CC)c2c(-c3ccccc3)cccc2n1. The molecule has 1 N–H and O–H groups in total. The smallest absolute Gasteiger partial charge is 0.161 e. The van der Waals surface area contributed by atoms with E-state index in [2.05, 4.69) is 55.8 Å². The van der Waals surface area contributed by atoms with Gasteiger partial charge in [-0.25, -0.2) is 9.97 Å². The molecule has 38 heavy (non-hydrogen) atoms. The summed E-state index contributed by atoms with van der Waals surface area (Å²) in [5, 5.41) is 10.1. The molecule has 0 aliphatic heterocycles. The zero-order valence-corrected chi connectivity index (χ0v) is 22.4. The van der Waals surface area contributed by atoms with E-state index in [1.165, 1.54) is 5.57 Å². The first-order valence-electron chi connectivity index (χ1n) is 13.1. The molecule has 0 aliphatic rings. The second kappa shape index (κ2) is 12.7. The minimum Gasteiger partial charge on any atom is -0.300 e. The highest BCUT2D eigenvalue weighted by molar-refractivity contribution is 6.11. The first-order chi connectivity index (χ1) is 18.6. The molecule has 0 saturated carbocycles. The lowest BCUT2D eigenvalue weighted by Gasteiger charge is -2.16. The van der Waals surface area contributed by atoms with Crippen LogP contribution in [0.15, 0.2) is 114 Å². The van der Waals surface area contributed by atoms with Gasteiger partial charge in [0.25, 0.3) is 0 Å². The van der Waals surface area contributed by atoms with Gasteiger partial charge in [-0.05, 0) is 61.4 Å². The van der Waals surface area contributed by atoms with Crippen LogP contribution in [-0.2, 0) is 6.42 Å². The Kier molecular flexibility index (Phi) is 8.89. The Balaban J connectivity index is 1.86. The van der Waals surface area contributed by atoms with Crippen molar-refractivity contribution in [3.63, 3.8) is 0 Å². The summed E-state index contributed by atoms with van der Waals surface area (Å²) in [7, 11) is 0. The van der Waals surface area contributed by atoms with E-state index in [4.69, 9.17) is 15.4 Å². The summed E-state index contributed by atoms with van der Waals surface area (Å²) in [5.41, 5.74) is 8.66. The topological polar surface area (TPSA) is 62.0 Å². The highest BCUT2D eigenvalue weighted by Crippen LogP contribution is 2.32. The molecule has 0 saturated heterocycles. The van der Waals surface area contributed by atoms with Crippen LogP contribution in [0.4, 0.5) is 0 Å². The van der Waals surface area contributed by atoms with Crippen LogP contribution in [0.1, 0.15) is 50.7 Å².